The largest absolute Gasteiger partial charge is 0.352 e. The van der Waals surface area contributed by atoms with Crippen LogP contribution in [0.5, 0.6) is 0 Å². The molecule has 2 aromatic carbocycles. The molecule has 2 aromatic rings. The van der Waals surface area contributed by atoms with E-state index in [1.807, 2.05) is 4.90 Å². The summed E-state index contributed by atoms with van der Waals surface area (Å²) < 4.78 is 27.8. The third-order valence-corrected chi connectivity index (χ3v) is 7.24. The summed E-state index contributed by atoms with van der Waals surface area (Å²) in [6.07, 6.45) is 4.54. The molecule has 1 aliphatic heterocycles. The van der Waals surface area contributed by atoms with Gasteiger partial charge >= 0.3 is 0 Å². The normalized spacial score (nSPS) is 14.5. The Morgan fingerprint density at radius 3 is 2.41 bits per heavy atom. The van der Waals surface area contributed by atoms with Crippen LogP contribution in [0.1, 0.15) is 42.5 Å². The minimum atomic E-state index is -4.00. The van der Waals surface area contributed by atoms with E-state index >= 15 is 0 Å². The first kappa shape index (κ1) is 24.4. The van der Waals surface area contributed by atoms with Crippen LogP contribution in [0.15, 0.2) is 47.4 Å². The van der Waals surface area contributed by atoms with Crippen molar-refractivity contribution >= 4 is 50.7 Å². The van der Waals surface area contributed by atoms with Crippen LogP contribution >= 0.6 is 23.2 Å². The van der Waals surface area contributed by atoms with Gasteiger partial charge in [-0.05, 0) is 49.2 Å². The molecule has 0 aliphatic carbocycles. The van der Waals surface area contributed by atoms with E-state index in [0.717, 1.165) is 38.8 Å². The van der Waals surface area contributed by atoms with Crippen LogP contribution in [0, 0.1) is 0 Å². The van der Waals surface area contributed by atoms with Crippen molar-refractivity contribution in [2.45, 2.75) is 37.0 Å². The Balaban J connectivity index is 1.59. The van der Waals surface area contributed by atoms with Gasteiger partial charge in [-0.2, -0.15) is 0 Å². The SMILES string of the molecule is O=C(NCCC(=O)N1CCCCCC1)c1cccc(NS(=O)(=O)c2cc(Cl)ccc2Cl)c1. The monoisotopic (exact) mass is 497 g/mol. The van der Waals surface area contributed by atoms with Gasteiger partial charge in [0.2, 0.25) is 5.91 Å². The van der Waals surface area contributed by atoms with Crippen molar-refractivity contribution in [2.24, 2.45) is 0 Å². The van der Waals surface area contributed by atoms with E-state index in [1.54, 1.807) is 12.1 Å². The maximum atomic E-state index is 12.7. The van der Waals surface area contributed by atoms with Gasteiger partial charge in [-0.3, -0.25) is 14.3 Å². The lowest BCUT2D eigenvalue weighted by molar-refractivity contribution is -0.131. The molecule has 3 rings (SSSR count). The van der Waals surface area contributed by atoms with Crippen LogP contribution in [0.3, 0.4) is 0 Å². The predicted molar refractivity (Wildman–Crippen MR) is 126 cm³/mol. The molecule has 0 saturated carbocycles. The molecule has 2 N–H and O–H groups in total. The number of rotatable bonds is 7. The smallest absolute Gasteiger partial charge is 0.263 e. The highest BCUT2D eigenvalue weighted by atomic mass is 35.5. The number of nitrogens with zero attached hydrogens (tertiary/aromatic N) is 1. The second-order valence-electron chi connectivity index (χ2n) is 7.56. The van der Waals surface area contributed by atoms with Crippen molar-refractivity contribution in [2.75, 3.05) is 24.4 Å². The van der Waals surface area contributed by atoms with Crippen LogP contribution < -0.4 is 10.0 Å². The number of carbonyl (C=O) groups is 2. The lowest BCUT2D eigenvalue weighted by atomic mass is 10.2. The highest BCUT2D eigenvalue weighted by molar-refractivity contribution is 7.92. The maximum absolute atomic E-state index is 12.7. The zero-order chi connectivity index (χ0) is 23.1. The molecule has 0 bridgehead atoms. The number of carbonyl (C=O) groups excluding carboxylic acids is 2. The molecule has 1 saturated heterocycles. The molecular weight excluding hydrogens is 473 g/mol. The molecule has 2 amide bonds. The van der Waals surface area contributed by atoms with E-state index in [2.05, 4.69) is 10.0 Å². The van der Waals surface area contributed by atoms with Gasteiger partial charge in [-0.1, -0.05) is 42.1 Å². The summed E-state index contributed by atoms with van der Waals surface area (Å²) in [7, 11) is -4.00. The Morgan fingerprint density at radius 1 is 0.969 bits per heavy atom. The minimum Gasteiger partial charge on any atom is -0.352 e. The average molecular weight is 498 g/mol. The van der Waals surface area contributed by atoms with Crippen LogP contribution in [-0.4, -0.2) is 44.8 Å². The molecule has 1 heterocycles. The molecule has 1 fully saturated rings. The molecule has 7 nitrogen and oxygen atoms in total. The molecule has 0 atom stereocenters. The van der Waals surface area contributed by atoms with Crippen molar-refractivity contribution in [3.05, 3.63) is 58.1 Å². The van der Waals surface area contributed by atoms with E-state index < -0.39 is 15.9 Å². The first-order chi connectivity index (χ1) is 15.3. The third kappa shape index (κ3) is 6.60. The lowest BCUT2D eigenvalue weighted by Gasteiger charge is -2.20. The molecule has 1 aliphatic rings. The topological polar surface area (TPSA) is 95.6 Å². The number of amides is 2. The van der Waals surface area contributed by atoms with Gasteiger partial charge in [0.05, 0.1) is 5.02 Å². The van der Waals surface area contributed by atoms with E-state index in [1.165, 1.54) is 30.3 Å². The average Bonchev–Trinajstić information content (AvgIpc) is 3.05. The minimum absolute atomic E-state index is 0.0323. The molecule has 0 radical (unpaired) electrons. The van der Waals surface area contributed by atoms with Gasteiger partial charge in [-0.15, -0.1) is 0 Å². The summed E-state index contributed by atoms with van der Waals surface area (Å²) in [6.45, 7) is 1.75. The fourth-order valence-corrected chi connectivity index (χ4v) is 5.29. The summed E-state index contributed by atoms with van der Waals surface area (Å²) in [5, 5.41) is 2.99. The van der Waals surface area contributed by atoms with Gasteiger partial charge in [0.25, 0.3) is 15.9 Å². The van der Waals surface area contributed by atoms with E-state index in [-0.39, 0.29) is 45.1 Å². The summed E-state index contributed by atoms with van der Waals surface area (Å²) in [6, 6.07) is 10.2. The zero-order valence-corrected chi connectivity index (χ0v) is 19.8. The number of halogens is 2. The van der Waals surface area contributed by atoms with E-state index in [0.29, 0.717) is 0 Å². The van der Waals surface area contributed by atoms with Crippen LogP contribution in [0.25, 0.3) is 0 Å². The quantitative estimate of drug-likeness (QED) is 0.595. The lowest BCUT2D eigenvalue weighted by Crippen LogP contribution is -2.35. The third-order valence-electron chi connectivity index (χ3n) is 5.14. The second kappa shape index (κ2) is 11.0. The number of sulfonamides is 1. The molecular formula is C22H25Cl2N3O4S. The zero-order valence-electron chi connectivity index (χ0n) is 17.4. The summed E-state index contributed by atoms with van der Waals surface area (Å²) in [5.41, 5.74) is 0.471. The molecule has 0 spiro atoms. The number of likely N-dealkylation sites (tertiary alicyclic amines) is 1. The van der Waals surface area contributed by atoms with Crippen LogP contribution in [-0.2, 0) is 14.8 Å². The fraction of sp³-hybridized carbons (Fsp3) is 0.364. The van der Waals surface area contributed by atoms with E-state index in [9.17, 15) is 18.0 Å². The first-order valence-corrected chi connectivity index (χ1v) is 12.6. The van der Waals surface area contributed by atoms with E-state index in [4.69, 9.17) is 23.2 Å². The Morgan fingerprint density at radius 2 is 1.69 bits per heavy atom. The van der Waals surface area contributed by atoms with Gasteiger partial charge in [0, 0.05) is 42.3 Å². The van der Waals surface area contributed by atoms with Gasteiger partial charge < -0.3 is 10.2 Å². The van der Waals surface area contributed by atoms with Crippen molar-refractivity contribution < 1.29 is 18.0 Å². The Bertz CT molecular complexity index is 1080. The van der Waals surface area contributed by atoms with Gasteiger partial charge in [0.15, 0.2) is 0 Å². The van der Waals surface area contributed by atoms with Gasteiger partial charge in [-0.25, -0.2) is 8.42 Å². The standard InChI is InChI=1S/C22H25Cl2N3O4S/c23-17-8-9-19(24)20(15-17)32(30,31)26-18-7-5-6-16(14-18)22(29)25-11-10-21(28)27-12-3-1-2-4-13-27/h5-9,14-15,26H,1-4,10-13H2,(H,25,29). The number of anilines is 1. The number of benzene rings is 2. The predicted octanol–water partition coefficient (Wildman–Crippen LogP) is 4.32. The van der Waals surface area contributed by atoms with Crippen molar-refractivity contribution in [1.82, 2.24) is 10.2 Å². The second-order valence-corrected chi connectivity index (χ2v) is 10.1. The summed E-state index contributed by atoms with van der Waals surface area (Å²) in [4.78, 5) is 26.5. The molecule has 172 valence electrons. The Kier molecular flexibility index (Phi) is 8.39. The highest BCUT2D eigenvalue weighted by Gasteiger charge is 2.20. The maximum Gasteiger partial charge on any atom is 0.263 e. The van der Waals surface area contributed by atoms with Crippen molar-refractivity contribution in [1.29, 1.82) is 0 Å². The summed E-state index contributed by atoms with van der Waals surface area (Å²) >= 11 is 11.9. The van der Waals surface area contributed by atoms with Crippen molar-refractivity contribution in [3.63, 3.8) is 0 Å². The summed E-state index contributed by atoms with van der Waals surface area (Å²) in [5.74, 6) is -0.359. The van der Waals surface area contributed by atoms with Crippen molar-refractivity contribution in [3.8, 4) is 0 Å². The van der Waals surface area contributed by atoms with Crippen LogP contribution in [0.2, 0.25) is 10.0 Å². The number of hydrogen-bond acceptors (Lipinski definition) is 4. The Labute approximate surface area is 198 Å². The fourth-order valence-electron chi connectivity index (χ4n) is 3.48. The van der Waals surface area contributed by atoms with Gasteiger partial charge in [0.1, 0.15) is 4.90 Å². The Hall–Kier alpha value is -2.29. The first-order valence-electron chi connectivity index (χ1n) is 10.4. The molecule has 0 aromatic heterocycles. The van der Waals surface area contributed by atoms with Crippen LogP contribution in [0.4, 0.5) is 5.69 Å². The molecule has 10 heteroatoms. The highest BCUT2D eigenvalue weighted by Crippen LogP contribution is 2.27. The molecule has 0 unspecified atom stereocenters. The molecule has 32 heavy (non-hydrogen) atoms. The number of hydrogen-bond donors (Lipinski definition) is 2. The number of nitrogens with one attached hydrogen (secondary N) is 2.